The standard InChI is InChI=1S/C21H23N3O4S/c1-14-5-8-18(27-3)17(11-14)24-10-9-22-21(24)29-13-20(25)23-16-7-6-15(26-2)12-19(16)28-4/h5-12H,13H2,1-4H3,(H,23,25). The lowest BCUT2D eigenvalue weighted by Crippen LogP contribution is -2.15. The second kappa shape index (κ2) is 9.38. The molecule has 1 amide bonds. The third-order valence-electron chi connectivity index (χ3n) is 4.22. The van der Waals surface area contributed by atoms with E-state index < -0.39 is 0 Å². The summed E-state index contributed by atoms with van der Waals surface area (Å²) in [6, 6.07) is 11.2. The molecule has 0 radical (unpaired) electrons. The van der Waals surface area contributed by atoms with Gasteiger partial charge in [-0.15, -0.1) is 0 Å². The van der Waals surface area contributed by atoms with Crippen LogP contribution in [0.15, 0.2) is 53.9 Å². The lowest BCUT2D eigenvalue weighted by Gasteiger charge is -2.13. The Bertz CT molecular complexity index is 1000. The number of ether oxygens (including phenoxy) is 3. The van der Waals surface area contributed by atoms with Gasteiger partial charge in [0.1, 0.15) is 17.2 Å². The van der Waals surface area contributed by atoms with Crippen molar-refractivity contribution in [3.63, 3.8) is 0 Å². The maximum atomic E-state index is 12.5. The Balaban J connectivity index is 1.71. The van der Waals surface area contributed by atoms with E-state index in [9.17, 15) is 4.79 Å². The Labute approximate surface area is 174 Å². The van der Waals surface area contributed by atoms with Gasteiger partial charge in [-0.25, -0.2) is 4.98 Å². The molecule has 1 heterocycles. The molecule has 8 heteroatoms. The number of rotatable bonds is 8. The smallest absolute Gasteiger partial charge is 0.234 e. The Kier molecular flexibility index (Phi) is 6.66. The highest BCUT2D eigenvalue weighted by Crippen LogP contribution is 2.30. The first kappa shape index (κ1) is 20.6. The predicted octanol–water partition coefficient (Wildman–Crippen LogP) is 3.94. The monoisotopic (exact) mass is 413 g/mol. The highest BCUT2D eigenvalue weighted by molar-refractivity contribution is 7.99. The summed E-state index contributed by atoms with van der Waals surface area (Å²) in [4.78, 5) is 16.9. The minimum absolute atomic E-state index is 0.163. The van der Waals surface area contributed by atoms with Gasteiger partial charge in [0.25, 0.3) is 0 Å². The van der Waals surface area contributed by atoms with Crippen molar-refractivity contribution in [2.24, 2.45) is 0 Å². The van der Waals surface area contributed by atoms with Gasteiger partial charge in [0, 0.05) is 18.5 Å². The molecule has 1 N–H and O–H groups in total. The van der Waals surface area contributed by atoms with Gasteiger partial charge in [-0.3, -0.25) is 9.36 Å². The number of aromatic nitrogens is 2. The Morgan fingerprint density at radius 3 is 2.59 bits per heavy atom. The van der Waals surface area contributed by atoms with E-state index in [1.165, 1.54) is 11.8 Å². The van der Waals surface area contributed by atoms with E-state index in [0.29, 0.717) is 22.3 Å². The SMILES string of the molecule is COc1ccc(NC(=O)CSc2nccn2-c2cc(C)ccc2OC)c(OC)c1. The van der Waals surface area contributed by atoms with Gasteiger partial charge in [0.2, 0.25) is 5.91 Å². The third-order valence-corrected chi connectivity index (χ3v) is 5.18. The number of anilines is 1. The van der Waals surface area contributed by atoms with Gasteiger partial charge in [-0.1, -0.05) is 17.8 Å². The number of aryl methyl sites for hydroxylation is 1. The predicted molar refractivity (Wildman–Crippen MR) is 114 cm³/mol. The molecular formula is C21H23N3O4S. The number of thioether (sulfide) groups is 1. The fourth-order valence-electron chi connectivity index (χ4n) is 2.79. The van der Waals surface area contributed by atoms with Crippen LogP contribution in [0.4, 0.5) is 5.69 Å². The minimum atomic E-state index is -0.163. The van der Waals surface area contributed by atoms with Crippen LogP contribution in [0.3, 0.4) is 0 Å². The summed E-state index contributed by atoms with van der Waals surface area (Å²) < 4.78 is 17.9. The number of benzene rings is 2. The molecule has 0 saturated heterocycles. The fourth-order valence-corrected chi connectivity index (χ4v) is 3.55. The first-order valence-corrected chi connectivity index (χ1v) is 9.87. The van der Waals surface area contributed by atoms with Crippen LogP contribution in [0, 0.1) is 6.92 Å². The molecule has 3 aromatic rings. The van der Waals surface area contributed by atoms with Gasteiger partial charge in [-0.05, 0) is 36.8 Å². The molecule has 152 valence electrons. The number of hydrogen-bond donors (Lipinski definition) is 1. The minimum Gasteiger partial charge on any atom is -0.497 e. The Morgan fingerprint density at radius 2 is 1.86 bits per heavy atom. The van der Waals surface area contributed by atoms with Gasteiger partial charge in [0.05, 0.1) is 38.5 Å². The molecule has 3 rings (SSSR count). The van der Waals surface area contributed by atoms with Gasteiger partial charge in [0.15, 0.2) is 5.16 Å². The highest BCUT2D eigenvalue weighted by Gasteiger charge is 2.14. The zero-order valence-corrected chi connectivity index (χ0v) is 17.6. The van der Waals surface area contributed by atoms with Crippen LogP contribution in [-0.4, -0.2) is 42.5 Å². The van der Waals surface area contributed by atoms with E-state index in [-0.39, 0.29) is 11.7 Å². The summed E-state index contributed by atoms with van der Waals surface area (Å²) in [5.41, 5.74) is 2.57. The van der Waals surface area contributed by atoms with Crippen LogP contribution in [0.1, 0.15) is 5.56 Å². The zero-order chi connectivity index (χ0) is 20.8. The molecule has 0 bridgehead atoms. The zero-order valence-electron chi connectivity index (χ0n) is 16.8. The summed E-state index contributed by atoms with van der Waals surface area (Å²) in [7, 11) is 4.76. The molecule has 0 atom stereocenters. The number of hydrogen-bond acceptors (Lipinski definition) is 6. The highest BCUT2D eigenvalue weighted by atomic mass is 32.2. The maximum absolute atomic E-state index is 12.5. The molecule has 0 saturated carbocycles. The second-order valence-corrected chi connectivity index (χ2v) is 7.10. The van der Waals surface area contributed by atoms with Crippen molar-refractivity contribution >= 4 is 23.4 Å². The lowest BCUT2D eigenvalue weighted by atomic mass is 10.2. The molecule has 0 spiro atoms. The van der Waals surface area contributed by atoms with E-state index in [0.717, 1.165) is 17.0 Å². The summed E-state index contributed by atoms with van der Waals surface area (Å²) in [5.74, 6) is 1.96. The second-order valence-electron chi connectivity index (χ2n) is 6.16. The fraction of sp³-hybridized carbons (Fsp3) is 0.238. The lowest BCUT2D eigenvalue weighted by molar-refractivity contribution is -0.113. The Hall–Kier alpha value is -3.13. The molecule has 0 unspecified atom stereocenters. The number of methoxy groups -OCH3 is 3. The van der Waals surface area contributed by atoms with E-state index in [1.807, 2.05) is 35.9 Å². The van der Waals surface area contributed by atoms with Crippen molar-refractivity contribution in [2.75, 3.05) is 32.4 Å². The van der Waals surface area contributed by atoms with Crippen molar-refractivity contribution < 1.29 is 19.0 Å². The molecule has 0 fully saturated rings. The number of carbonyl (C=O) groups is 1. The van der Waals surface area contributed by atoms with Gasteiger partial charge in [-0.2, -0.15) is 0 Å². The van der Waals surface area contributed by atoms with E-state index >= 15 is 0 Å². The van der Waals surface area contributed by atoms with Crippen LogP contribution in [-0.2, 0) is 4.79 Å². The van der Waals surface area contributed by atoms with E-state index in [2.05, 4.69) is 10.3 Å². The molecule has 0 aliphatic heterocycles. The average molecular weight is 413 g/mol. The third kappa shape index (κ3) is 4.83. The molecule has 2 aromatic carbocycles. The number of nitrogens with zero attached hydrogens (tertiary/aromatic N) is 2. The number of amides is 1. The van der Waals surface area contributed by atoms with Crippen molar-refractivity contribution in [3.8, 4) is 22.9 Å². The van der Waals surface area contributed by atoms with E-state index in [1.54, 1.807) is 45.7 Å². The van der Waals surface area contributed by atoms with Gasteiger partial charge >= 0.3 is 0 Å². The number of carbonyl (C=O) groups excluding carboxylic acids is 1. The largest absolute Gasteiger partial charge is 0.497 e. The first-order valence-electron chi connectivity index (χ1n) is 8.88. The van der Waals surface area contributed by atoms with E-state index in [4.69, 9.17) is 14.2 Å². The van der Waals surface area contributed by atoms with Crippen LogP contribution < -0.4 is 19.5 Å². The summed E-state index contributed by atoms with van der Waals surface area (Å²) >= 11 is 1.34. The number of nitrogens with one attached hydrogen (secondary N) is 1. The van der Waals surface area contributed by atoms with Crippen LogP contribution in [0.25, 0.3) is 5.69 Å². The summed E-state index contributed by atoms with van der Waals surface area (Å²) in [6.07, 6.45) is 3.55. The maximum Gasteiger partial charge on any atom is 0.234 e. The number of imidazole rings is 1. The van der Waals surface area contributed by atoms with Crippen LogP contribution in [0.2, 0.25) is 0 Å². The topological polar surface area (TPSA) is 74.6 Å². The molecule has 7 nitrogen and oxygen atoms in total. The van der Waals surface area contributed by atoms with Crippen LogP contribution >= 0.6 is 11.8 Å². The summed E-state index contributed by atoms with van der Waals surface area (Å²) in [5, 5.41) is 3.56. The molecule has 1 aromatic heterocycles. The van der Waals surface area contributed by atoms with Crippen molar-refractivity contribution in [3.05, 3.63) is 54.4 Å². The average Bonchev–Trinajstić information content (AvgIpc) is 3.21. The van der Waals surface area contributed by atoms with Gasteiger partial charge < -0.3 is 19.5 Å². The molecule has 0 aliphatic rings. The van der Waals surface area contributed by atoms with Crippen molar-refractivity contribution in [1.29, 1.82) is 0 Å². The first-order chi connectivity index (χ1) is 14.0. The van der Waals surface area contributed by atoms with Crippen molar-refractivity contribution in [1.82, 2.24) is 9.55 Å². The molecular weight excluding hydrogens is 390 g/mol. The van der Waals surface area contributed by atoms with Crippen LogP contribution in [0.5, 0.6) is 17.2 Å². The molecule has 0 aliphatic carbocycles. The van der Waals surface area contributed by atoms with Crippen molar-refractivity contribution in [2.45, 2.75) is 12.1 Å². The Morgan fingerprint density at radius 1 is 1.07 bits per heavy atom. The summed E-state index contributed by atoms with van der Waals surface area (Å²) in [6.45, 7) is 2.02. The quantitative estimate of drug-likeness (QED) is 0.564. The molecule has 29 heavy (non-hydrogen) atoms. The normalized spacial score (nSPS) is 10.5.